The number of rotatable bonds is 8. The van der Waals surface area contributed by atoms with Crippen molar-refractivity contribution in [3.63, 3.8) is 0 Å². The van der Waals surface area contributed by atoms with Gasteiger partial charge in [0.15, 0.2) is 15.0 Å². The lowest BCUT2D eigenvalue weighted by atomic mass is 10.1. The van der Waals surface area contributed by atoms with Crippen molar-refractivity contribution in [1.82, 2.24) is 4.98 Å². The Bertz CT molecular complexity index is 1220. The number of anilines is 1. The number of benzene rings is 2. The fourth-order valence-electron chi connectivity index (χ4n) is 3.75. The van der Waals surface area contributed by atoms with Gasteiger partial charge in [-0.3, -0.25) is 9.69 Å². The molecule has 1 aliphatic rings. The fourth-order valence-corrected chi connectivity index (χ4v) is 5.83. The quantitative estimate of drug-likeness (QED) is 0.483. The van der Waals surface area contributed by atoms with Gasteiger partial charge in [-0.15, -0.1) is 0 Å². The Morgan fingerprint density at radius 3 is 2.75 bits per heavy atom. The molecular weight excluding hydrogens is 448 g/mol. The Balaban J connectivity index is 1.80. The van der Waals surface area contributed by atoms with Gasteiger partial charge in [-0.25, -0.2) is 13.4 Å². The normalized spacial score (nSPS) is 16.4. The number of carbonyl (C=O) groups excluding carboxylic acids is 1. The van der Waals surface area contributed by atoms with Crippen LogP contribution >= 0.6 is 11.3 Å². The predicted molar refractivity (Wildman–Crippen MR) is 126 cm³/mol. The minimum Gasteiger partial charge on any atom is -0.492 e. The molecule has 0 spiro atoms. The van der Waals surface area contributed by atoms with Crippen molar-refractivity contribution in [3.8, 4) is 5.75 Å². The van der Waals surface area contributed by atoms with E-state index in [1.165, 1.54) is 17.4 Å². The van der Waals surface area contributed by atoms with Crippen molar-refractivity contribution in [2.75, 3.05) is 30.4 Å². The van der Waals surface area contributed by atoms with E-state index in [-0.39, 0.29) is 22.3 Å². The summed E-state index contributed by atoms with van der Waals surface area (Å²) in [6.45, 7) is 4.95. The zero-order valence-electron chi connectivity index (χ0n) is 18.1. The number of nitrogens with zero attached hydrogens (tertiary/aromatic N) is 2. The van der Waals surface area contributed by atoms with E-state index in [1.54, 1.807) is 30.0 Å². The molecule has 170 valence electrons. The second-order valence-electron chi connectivity index (χ2n) is 7.48. The van der Waals surface area contributed by atoms with Gasteiger partial charge in [0.2, 0.25) is 0 Å². The smallest absolute Gasteiger partial charge is 0.261 e. The highest BCUT2D eigenvalue weighted by atomic mass is 32.2. The first-order valence-corrected chi connectivity index (χ1v) is 13.2. The van der Waals surface area contributed by atoms with Crippen LogP contribution in [0.15, 0.2) is 47.4 Å². The van der Waals surface area contributed by atoms with Gasteiger partial charge in [-0.1, -0.05) is 36.5 Å². The summed E-state index contributed by atoms with van der Waals surface area (Å²) < 4.78 is 37.7. The molecule has 1 saturated heterocycles. The van der Waals surface area contributed by atoms with Crippen LogP contribution in [0.25, 0.3) is 10.2 Å². The van der Waals surface area contributed by atoms with Crippen LogP contribution in [-0.2, 0) is 14.6 Å². The van der Waals surface area contributed by atoms with Crippen molar-refractivity contribution in [2.24, 2.45) is 0 Å². The molecule has 0 radical (unpaired) electrons. The topological polar surface area (TPSA) is 85.8 Å². The lowest BCUT2D eigenvalue weighted by Crippen LogP contribution is -2.38. The maximum Gasteiger partial charge on any atom is 0.261 e. The van der Waals surface area contributed by atoms with Gasteiger partial charge in [0, 0.05) is 6.61 Å². The zero-order valence-corrected chi connectivity index (χ0v) is 19.7. The number of hydrogen-bond acceptors (Lipinski definition) is 7. The van der Waals surface area contributed by atoms with E-state index < -0.39 is 15.7 Å². The van der Waals surface area contributed by atoms with Gasteiger partial charge < -0.3 is 9.47 Å². The summed E-state index contributed by atoms with van der Waals surface area (Å²) in [5.74, 6) is 0.179. The third-order valence-corrected chi connectivity index (χ3v) is 8.22. The molecule has 0 aliphatic carbocycles. The third-order valence-electron chi connectivity index (χ3n) is 5.39. The standard InChI is InChI=1S/C23H26N2O5S2/c1-3-29-18-11-7-12-19-21(18)24-23(31-19)25(15-16-9-8-14-30-16)22(26)17-10-5-6-13-20(17)32(27,28)4-2/h5-7,10-13,16H,3-4,8-9,14-15H2,1-2H3. The number of para-hydroxylation sites is 1. The molecule has 1 unspecified atom stereocenters. The molecule has 0 N–H and O–H groups in total. The van der Waals surface area contributed by atoms with E-state index in [9.17, 15) is 13.2 Å². The van der Waals surface area contributed by atoms with Gasteiger partial charge in [-0.2, -0.15) is 0 Å². The van der Waals surface area contributed by atoms with Crippen molar-refractivity contribution in [3.05, 3.63) is 48.0 Å². The second-order valence-corrected chi connectivity index (χ2v) is 10.7. The molecule has 2 heterocycles. The molecule has 0 bridgehead atoms. The Kier molecular flexibility index (Phi) is 6.78. The summed E-state index contributed by atoms with van der Waals surface area (Å²) in [5, 5.41) is 0.497. The fraction of sp³-hybridized carbons (Fsp3) is 0.391. The van der Waals surface area contributed by atoms with E-state index in [2.05, 4.69) is 0 Å². The van der Waals surface area contributed by atoms with E-state index in [0.717, 1.165) is 17.5 Å². The Morgan fingerprint density at radius 2 is 2.03 bits per heavy atom. The highest BCUT2D eigenvalue weighted by Crippen LogP contribution is 2.36. The number of amides is 1. The molecule has 7 nitrogen and oxygen atoms in total. The van der Waals surface area contributed by atoms with Gasteiger partial charge in [0.05, 0.1) is 40.2 Å². The molecule has 3 aromatic rings. The average molecular weight is 475 g/mol. The van der Waals surface area contributed by atoms with E-state index in [0.29, 0.717) is 36.2 Å². The predicted octanol–water partition coefficient (Wildman–Crippen LogP) is 4.31. The summed E-state index contributed by atoms with van der Waals surface area (Å²) in [7, 11) is -3.57. The molecule has 2 aromatic carbocycles. The molecular formula is C23H26N2O5S2. The van der Waals surface area contributed by atoms with Crippen molar-refractivity contribution >= 4 is 42.4 Å². The van der Waals surface area contributed by atoms with Crippen LogP contribution < -0.4 is 9.64 Å². The minimum atomic E-state index is -3.57. The van der Waals surface area contributed by atoms with Crippen LogP contribution in [0.3, 0.4) is 0 Å². The SMILES string of the molecule is CCOc1cccc2sc(N(CC3CCCO3)C(=O)c3ccccc3S(=O)(=O)CC)nc12. The first-order valence-electron chi connectivity index (χ1n) is 10.7. The maximum atomic E-state index is 13.7. The number of thiazole rings is 1. The summed E-state index contributed by atoms with van der Waals surface area (Å²) in [5.41, 5.74) is 0.839. The largest absolute Gasteiger partial charge is 0.492 e. The maximum absolute atomic E-state index is 13.7. The van der Waals surface area contributed by atoms with Gasteiger partial charge in [0.1, 0.15) is 11.3 Å². The molecule has 1 amide bonds. The summed E-state index contributed by atoms with van der Waals surface area (Å²) in [6, 6.07) is 12.0. The molecule has 9 heteroatoms. The molecule has 1 aromatic heterocycles. The Morgan fingerprint density at radius 1 is 1.22 bits per heavy atom. The molecule has 4 rings (SSSR count). The highest BCUT2D eigenvalue weighted by Gasteiger charge is 2.30. The first-order chi connectivity index (χ1) is 15.4. The monoisotopic (exact) mass is 474 g/mol. The lowest BCUT2D eigenvalue weighted by Gasteiger charge is -2.24. The third kappa shape index (κ3) is 4.51. The minimum absolute atomic E-state index is 0.0426. The second kappa shape index (κ2) is 9.56. The van der Waals surface area contributed by atoms with Crippen molar-refractivity contribution < 1.29 is 22.7 Å². The van der Waals surface area contributed by atoms with Crippen LogP contribution in [0.2, 0.25) is 0 Å². The van der Waals surface area contributed by atoms with Crippen molar-refractivity contribution in [2.45, 2.75) is 37.7 Å². The number of carbonyl (C=O) groups is 1. The van der Waals surface area contributed by atoms with Crippen LogP contribution in [0.1, 0.15) is 37.0 Å². The first kappa shape index (κ1) is 22.7. The van der Waals surface area contributed by atoms with Crippen LogP contribution in [-0.4, -0.2) is 50.9 Å². The molecule has 1 aliphatic heterocycles. The number of ether oxygens (including phenoxy) is 2. The zero-order chi connectivity index (χ0) is 22.7. The average Bonchev–Trinajstić information content (AvgIpc) is 3.47. The van der Waals surface area contributed by atoms with Crippen LogP contribution in [0, 0.1) is 0 Å². The molecule has 32 heavy (non-hydrogen) atoms. The number of fused-ring (bicyclic) bond motifs is 1. The van der Waals surface area contributed by atoms with E-state index in [4.69, 9.17) is 14.5 Å². The van der Waals surface area contributed by atoms with Gasteiger partial charge in [-0.05, 0) is 44.0 Å². The lowest BCUT2D eigenvalue weighted by molar-refractivity contribution is 0.0915. The van der Waals surface area contributed by atoms with Crippen LogP contribution in [0.4, 0.5) is 5.13 Å². The highest BCUT2D eigenvalue weighted by molar-refractivity contribution is 7.91. The summed E-state index contributed by atoms with van der Waals surface area (Å²) >= 11 is 1.38. The van der Waals surface area contributed by atoms with Gasteiger partial charge in [0.25, 0.3) is 5.91 Å². The Hall–Kier alpha value is -2.49. The van der Waals surface area contributed by atoms with Crippen molar-refractivity contribution in [1.29, 1.82) is 0 Å². The summed E-state index contributed by atoms with van der Waals surface area (Å²) in [6.07, 6.45) is 1.66. The number of sulfone groups is 1. The molecule has 0 saturated carbocycles. The van der Waals surface area contributed by atoms with Gasteiger partial charge >= 0.3 is 0 Å². The van der Waals surface area contributed by atoms with Crippen LogP contribution in [0.5, 0.6) is 5.75 Å². The molecule has 1 atom stereocenters. The number of aromatic nitrogens is 1. The Labute approximate surface area is 191 Å². The molecule has 1 fully saturated rings. The van der Waals surface area contributed by atoms with E-state index in [1.807, 2.05) is 25.1 Å². The number of hydrogen-bond donors (Lipinski definition) is 0. The van der Waals surface area contributed by atoms with E-state index >= 15 is 0 Å². The summed E-state index contributed by atoms with van der Waals surface area (Å²) in [4.78, 5) is 20.1.